The molecule has 1 unspecified atom stereocenters. The minimum Gasteiger partial charge on any atom is -0.356 e. The normalized spacial score (nSPS) is 17.6. The highest BCUT2D eigenvalue weighted by Gasteiger charge is 2.13. The van der Waals surface area contributed by atoms with Crippen molar-refractivity contribution in [3.8, 4) is 10.6 Å². The molecule has 1 aromatic heterocycles. The number of aromatic nitrogens is 1. The number of nitrogens with zero attached hydrogens (tertiary/aromatic N) is 1. The van der Waals surface area contributed by atoms with E-state index in [1.165, 1.54) is 18.4 Å². The molecule has 1 amide bonds. The Balaban J connectivity index is 1.45. The molecule has 1 aliphatic rings. The van der Waals surface area contributed by atoms with Gasteiger partial charge in [-0.15, -0.1) is 11.3 Å². The molecule has 0 radical (unpaired) electrons. The number of hydrogen-bond donors (Lipinski definition) is 2. The van der Waals surface area contributed by atoms with Crippen molar-refractivity contribution in [2.45, 2.75) is 32.6 Å². The van der Waals surface area contributed by atoms with Gasteiger partial charge in [0.1, 0.15) is 5.01 Å². The average Bonchev–Trinajstić information content (AvgIpc) is 3.05. The Morgan fingerprint density at radius 2 is 2.21 bits per heavy atom. The molecular weight excluding hydrogens is 318 g/mol. The summed E-state index contributed by atoms with van der Waals surface area (Å²) in [6, 6.07) is 8.33. The van der Waals surface area contributed by atoms with E-state index in [4.69, 9.17) is 0 Å². The van der Waals surface area contributed by atoms with Crippen LogP contribution in [0.25, 0.3) is 10.6 Å². The third kappa shape index (κ3) is 4.89. The van der Waals surface area contributed by atoms with Crippen LogP contribution in [0.5, 0.6) is 0 Å². The summed E-state index contributed by atoms with van der Waals surface area (Å²) in [6.45, 7) is 5.06. The third-order valence-corrected chi connectivity index (χ3v) is 5.41. The first kappa shape index (κ1) is 17.1. The lowest BCUT2D eigenvalue weighted by molar-refractivity contribution is -0.120. The Hall–Kier alpha value is -1.72. The minimum atomic E-state index is 0.0690. The molecule has 1 saturated heterocycles. The topological polar surface area (TPSA) is 54.0 Å². The number of hydrogen-bond acceptors (Lipinski definition) is 4. The zero-order chi connectivity index (χ0) is 16.8. The van der Waals surface area contributed by atoms with Crippen molar-refractivity contribution in [3.63, 3.8) is 0 Å². The summed E-state index contributed by atoms with van der Waals surface area (Å²) in [5, 5.41) is 9.41. The largest absolute Gasteiger partial charge is 0.356 e. The van der Waals surface area contributed by atoms with Gasteiger partial charge < -0.3 is 10.6 Å². The van der Waals surface area contributed by atoms with E-state index in [9.17, 15) is 4.79 Å². The van der Waals surface area contributed by atoms with Crippen LogP contribution in [0.1, 0.15) is 30.5 Å². The summed E-state index contributed by atoms with van der Waals surface area (Å²) >= 11 is 1.60. The summed E-state index contributed by atoms with van der Waals surface area (Å²) in [4.78, 5) is 16.7. The fourth-order valence-corrected chi connectivity index (χ4v) is 3.86. The summed E-state index contributed by atoms with van der Waals surface area (Å²) in [5.74, 6) is 0.769. The molecule has 0 aliphatic carbocycles. The van der Waals surface area contributed by atoms with Crippen molar-refractivity contribution in [3.05, 3.63) is 40.9 Å². The molecule has 1 atom stereocenters. The van der Waals surface area contributed by atoms with Crippen LogP contribution < -0.4 is 10.6 Å². The number of rotatable bonds is 6. The molecule has 5 heteroatoms. The number of aryl methyl sites for hydroxylation is 1. The zero-order valence-electron chi connectivity index (χ0n) is 14.2. The molecule has 24 heavy (non-hydrogen) atoms. The fourth-order valence-electron chi connectivity index (χ4n) is 3.03. The Kier molecular flexibility index (Phi) is 5.99. The maximum absolute atomic E-state index is 12.1. The highest BCUT2D eigenvalue weighted by Crippen LogP contribution is 2.24. The second kappa shape index (κ2) is 8.40. The van der Waals surface area contributed by atoms with E-state index < -0.39 is 0 Å². The molecule has 1 aliphatic heterocycles. The van der Waals surface area contributed by atoms with E-state index in [2.05, 4.69) is 46.8 Å². The number of benzene rings is 1. The summed E-state index contributed by atoms with van der Waals surface area (Å²) in [7, 11) is 0. The van der Waals surface area contributed by atoms with Crippen molar-refractivity contribution in [1.29, 1.82) is 0 Å². The van der Waals surface area contributed by atoms with Gasteiger partial charge in [0, 0.05) is 17.5 Å². The van der Waals surface area contributed by atoms with Gasteiger partial charge in [0.05, 0.1) is 12.1 Å². The first-order valence-electron chi connectivity index (χ1n) is 8.69. The molecule has 2 aromatic rings. The van der Waals surface area contributed by atoms with Crippen molar-refractivity contribution in [1.82, 2.24) is 15.6 Å². The molecule has 128 valence electrons. The second-order valence-corrected chi connectivity index (χ2v) is 7.40. The summed E-state index contributed by atoms with van der Waals surface area (Å²) in [5.41, 5.74) is 3.21. The first-order valence-corrected chi connectivity index (χ1v) is 9.57. The van der Waals surface area contributed by atoms with E-state index >= 15 is 0 Å². The summed E-state index contributed by atoms with van der Waals surface area (Å²) < 4.78 is 0. The van der Waals surface area contributed by atoms with E-state index in [1.54, 1.807) is 11.3 Å². The van der Waals surface area contributed by atoms with Crippen LogP contribution in [-0.2, 0) is 11.2 Å². The Labute approximate surface area is 147 Å². The summed E-state index contributed by atoms with van der Waals surface area (Å²) in [6.07, 6.45) is 3.95. The molecular formula is C19H25N3OS. The smallest absolute Gasteiger partial charge is 0.226 e. The Morgan fingerprint density at radius 1 is 1.38 bits per heavy atom. The van der Waals surface area contributed by atoms with Gasteiger partial charge in [-0.1, -0.05) is 29.8 Å². The van der Waals surface area contributed by atoms with Gasteiger partial charge in [-0.05, 0) is 45.2 Å². The van der Waals surface area contributed by atoms with Crippen LogP contribution >= 0.6 is 11.3 Å². The number of thiazole rings is 1. The predicted octanol–water partition coefficient (Wildman–Crippen LogP) is 3.17. The quantitative estimate of drug-likeness (QED) is 0.847. The standard InChI is InChI=1S/C19H25N3OS/c1-14-4-6-16(7-5-14)19-22-17(13-24-19)11-18(23)21-10-8-15-3-2-9-20-12-15/h4-7,13,15,20H,2-3,8-12H2,1H3,(H,21,23). The lowest BCUT2D eigenvalue weighted by Gasteiger charge is -2.22. The lowest BCUT2D eigenvalue weighted by atomic mass is 9.96. The van der Waals surface area contributed by atoms with Crippen molar-refractivity contribution >= 4 is 17.2 Å². The van der Waals surface area contributed by atoms with Crippen molar-refractivity contribution < 1.29 is 4.79 Å². The minimum absolute atomic E-state index is 0.0690. The van der Waals surface area contributed by atoms with Crippen molar-refractivity contribution in [2.24, 2.45) is 5.92 Å². The number of amides is 1. The predicted molar refractivity (Wildman–Crippen MR) is 99.2 cm³/mol. The second-order valence-electron chi connectivity index (χ2n) is 6.54. The van der Waals surface area contributed by atoms with E-state index in [0.717, 1.165) is 42.3 Å². The molecule has 0 saturated carbocycles. The van der Waals surface area contributed by atoms with Crippen LogP contribution in [0.3, 0.4) is 0 Å². The highest BCUT2D eigenvalue weighted by molar-refractivity contribution is 7.13. The third-order valence-electron chi connectivity index (χ3n) is 4.47. The Bertz CT molecular complexity index is 660. The van der Waals surface area contributed by atoms with E-state index in [-0.39, 0.29) is 5.91 Å². The van der Waals surface area contributed by atoms with Crippen LogP contribution in [0, 0.1) is 12.8 Å². The molecule has 0 bridgehead atoms. The Morgan fingerprint density at radius 3 is 2.96 bits per heavy atom. The van der Waals surface area contributed by atoms with Crippen LogP contribution in [-0.4, -0.2) is 30.5 Å². The van der Waals surface area contributed by atoms with Gasteiger partial charge in [0.15, 0.2) is 0 Å². The molecule has 2 heterocycles. The van der Waals surface area contributed by atoms with E-state index in [1.807, 2.05) is 5.38 Å². The van der Waals surface area contributed by atoms with Gasteiger partial charge in [-0.25, -0.2) is 4.98 Å². The van der Waals surface area contributed by atoms with Crippen LogP contribution in [0.4, 0.5) is 0 Å². The molecule has 0 spiro atoms. The lowest BCUT2D eigenvalue weighted by Crippen LogP contribution is -2.33. The highest BCUT2D eigenvalue weighted by atomic mass is 32.1. The molecule has 1 aromatic carbocycles. The van der Waals surface area contributed by atoms with Gasteiger partial charge in [0.25, 0.3) is 0 Å². The van der Waals surface area contributed by atoms with Gasteiger partial charge in [-0.2, -0.15) is 0 Å². The van der Waals surface area contributed by atoms with Gasteiger partial charge >= 0.3 is 0 Å². The zero-order valence-corrected chi connectivity index (χ0v) is 15.0. The first-order chi connectivity index (χ1) is 11.7. The van der Waals surface area contributed by atoms with Gasteiger partial charge in [0.2, 0.25) is 5.91 Å². The number of carbonyl (C=O) groups is 1. The van der Waals surface area contributed by atoms with Gasteiger partial charge in [-0.3, -0.25) is 4.79 Å². The van der Waals surface area contributed by atoms with Crippen LogP contribution in [0.15, 0.2) is 29.6 Å². The number of nitrogens with one attached hydrogen (secondary N) is 2. The fraction of sp³-hybridized carbons (Fsp3) is 0.474. The maximum atomic E-state index is 12.1. The van der Waals surface area contributed by atoms with E-state index in [0.29, 0.717) is 12.3 Å². The molecule has 2 N–H and O–H groups in total. The molecule has 1 fully saturated rings. The van der Waals surface area contributed by atoms with Crippen molar-refractivity contribution in [2.75, 3.05) is 19.6 Å². The number of piperidine rings is 1. The maximum Gasteiger partial charge on any atom is 0.226 e. The van der Waals surface area contributed by atoms with Crippen LogP contribution in [0.2, 0.25) is 0 Å². The molecule has 4 nitrogen and oxygen atoms in total. The average molecular weight is 343 g/mol. The number of carbonyl (C=O) groups excluding carboxylic acids is 1. The SMILES string of the molecule is Cc1ccc(-c2nc(CC(=O)NCCC3CCCNC3)cs2)cc1. The monoisotopic (exact) mass is 343 g/mol. The molecule has 3 rings (SSSR count).